The Balaban J connectivity index is 1.54. The summed E-state index contributed by atoms with van der Waals surface area (Å²) in [5.41, 5.74) is 0.635. The molecule has 1 aromatic carbocycles. The SMILES string of the molecule is COc1cc(O)c([C@H]2C3=CC[C@@H]4C(=O)N(C5CCCCC5)C(=O)[C@@H]4[C@@H]3C[C@@]3(Cl)C(=O)N(CBr)C(=O)[C@@]23Cl)c(OC)c1. The minimum atomic E-state index is -2.04. The number of aromatic hydroxyl groups is 1. The van der Waals surface area contributed by atoms with Crippen LogP contribution in [0.4, 0.5) is 0 Å². The summed E-state index contributed by atoms with van der Waals surface area (Å²) < 4.78 is 11.0. The number of likely N-dealkylation sites (tertiary alicyclic amines) is 2. The van der Waals surface area contributed by atoms with Crippen LogP contribution in [0, 0.1) is 17.8 Å². The topological polar surface area (TPSA) is 113 Å². The average molecular weight is 670 g/mol. The molecule has 0 spiro atoms. The number of carbonyl (C=O) groups is 4. The van der Waals surface area contributed by atoms with E-state index >= 15 is 0 Å². The van der Waals surface area contributed by atoms with Gasteiger partial charge in [0.2, 0.25) is 11.8 Å². The number of halogens is 3. The van der Waals surface area contributed by atoms with Gasteiger partial charge in [-0.2, -0.15) is 0 Å². The highest BCUT2D eigenvalue weighted by molar-refractivity contribution is 9.09. The number of carbonyl (C=O) groups excluding carboxylic acids is 4. The summed E-state index contributed by atoms with van der Waals surface area (Å²) in [5, 5.41) is 11.3. The van der Waals surface area contributed by atoms with Crippen molar-refractivity contribution in [3.05, 3.63) is 29.3 Å². The first-order valence-corrected chi connectivity index (χ1v) is 15.7. The molecule has 1 aromatic rings. The molecule has 6 rings (SSSR count). The smallest absolute Gasteiger partial charge is 0.254 e. The molecule has 0 aromatic heterocycles. The fourth-order valence-electron chi connectivity index (χ4n) is 7.96. The summed E-state index contributed by atoms with van der Waals surface area (Å²) in [4.78, 5) is 54.0. The first-order valence-electron chi connectivity index (χ1n) is 13.9. The standard InChI is InChI=1S/C29H31BrCl2N2O7/c1-40-15-10-19(35)22(20(11-15)41-2)23-16-8-9-17-21(25(37)34(24(17)36)14-6-4-3-5-7-14)18(16)12-28(31)26(38)33(13-30)27(39)29(23,28)32/h8,10-11,14,17-18,21,23,35H,3-7,9,12-13H2,1-2H3/t17-,18+,21-,23+,28+,29-/m0/s1. The van der Waals surface area contributed by atoms with Crippen molar-refractivity contribution in [3.8, 4) is 17.2 Å². The Morgan fingerprint density at radius 3 is 2.34 bits per heavy atom. The lowest BCUT2D eigenvalue weighted by Gasteiger charge is -2.51. The number of amides is 4. The minimum absolute atomic E-state index is 0.105. The van der Waals surface area contributed by atoms with E-state index in [1.807, 2.05) is 6.08 Å². The number of phenols is 1. The molecule has 5 aliphatic rings. The molecule has 12 heteroatoms. The molecule has 9 nitrogen and oxygen atoms in total. The number of nitrogens with zero attached hydrogens (tertiary/aromatic N) is 2. The van der Waals surface area contributed by atoms with E-state index in [1.165, 1.54) is 25.2 Å². The molecule has 0 unspecified atom stereocenters. The molecule has 1 N–H and O–H groups in total. The Labute approximate surface area is 256 Å². The average Bonchev–Trinajstić information content (AvgIpc) is 3.31. The number of ether oxygens (including phenoxy) is 2. The normalized spacial score (nSPS) is 35.3. The molecule has 0 radical (unpaired) electrons. The minimum Gasteiger partial charge on any atom is -0.507 e. The van der Waals surface area contributed by atoms with Crippen LogP contribution >= 0.6 is 39.1 Å². The largest absolute Gasteiger partial charge is 0.507 e. The predicted octanol–water partition coefficient (Wildman–Crippen LogP) is 4.45. The quantitative estimate of drug-likeness (QED) is 0.213. The molecule has 2 saturated carbocycles. The molecule has 0 bridgehead atoms. The van der Waals surface area contributed by atoms with Gasteiger partial charge in [0.05, 0.1) is 31.5 Å². The van der Waals surface area contributed by atoms with Gasteiger partial charge in [-0.05, 0) is 31.6 Å². The van der Waals surface area contributed by atoms with Crippen molar-refractivity contribution >= 4 is 62.8 Å². The number of imide groups is 2. The van der Waals surface area contributed by atoms with Crippen LogP contribution < -0.4 is 9.47 Å². The van der Waals surface area contributed by atoms with E-state index in [4.69, 9.17) is 32.7 Å². The molecule has 2 heterocycles. The zero-order valence-corrected chi connectivity index (χ0v) is 25.8. The molecule has 4 amide bonds. The van der Waals surface area contributed by atoms with Crippen LogP contribution in [0.5, 0.6) is 17.2 Å². The first kappa shape index (κ1) is 28.8. The van der Waals surface area contributed by atoms with Crippen LogP contribution in [0.15, 0.2) is 23.8 Å². The van der Waals surface area contributed by atoms with Crippen LogP contribution in [-0.4, -0.2) is 74.0 Å². The third-order valence-corrected chi connectivity index (χ3v) is 11.7. The number of phenolic OH excluding ortho intramolecular Hbond substituents is 1. The molecule has 4 fully saturated rings. The van der Waals surface area contributed by atoms with E-state index in [-0.39, 0.29) is 53.2 Å². The van der Waals surface area contributed by atoms with E-state index in [9.17, 15) is 24.3 Å². The van der Waals surface area contributed by atoms with E-state index in [0.717, 1.165) is 37.0 Å². The second-order valence-corrected chi connectivity index (χ2v) is 13.3. The maximum absolute atomic E-state index is 14.1. The van der Waals surface area contributed by atoms with Crippen molar-refractivity contribution in [3.63, 3.8) is 0 Å². The second-order valence-electron chi connectivity index (χ2n) is 11.6. The Hall–Kier alpha value is -2.30. The van der Waals surface area contributed by atoms with Crippen molar-refractivity contribution < 1.29 is 33.8 Å². The molecule has 2 aliphatic heterocycles. The van der Waals surface area contributed by atoms with Crippen molar-refractivity contribution in [2.24, 2.45) is 17.8 Å². The highest BCUT2D eigenvalue weighted by Gasteiger charge is 2.76. The van der Waals surface area contributed by atoms with Crippen LogP contribution in [0.25, 0.3) is 0 Å². The summed E-state index contributed by atoms with van der Waals surface area (Å²) in [6, 6.07) is 2.79. The van der Waals surface area contributed by atoms with Crippen molar-refractivity contribution in [1.29, 1.82) is 0 Å². The number of hydrogen-bond donors (Lipinski definition) is 1. The highest BCUT2D eigenvalue weighted by atomic mass is 79.9. The molecule has 41 heavy (non-hydrogen) atoms. The lowest BCUT2D eigenvalue weighted by atomic mass is 9.56. The molecular weight excluding hydrogens is 639 g/mol. The van der Waals surface area contributed by atoms with Crippen molar-refractivity contribution in [2.75, 3.05) is 19.7 Å². The van der Waals surface area contributed by atoms with Crippen LogP contribution in [0.2, 0.25) is 0 Å². The fraction of sp³-hybridized carbons (Fsp3) is 0.586. The van der Waals surface area contributed by atoms with Crippen LogP contribution in [0.1, 0.15) is 56.4 Å². The molecule has 220 valence electrons. The summed E-state index contributed by atoms with van der Waals surface area (Å²) in [6.07, 6.45) is 6.57. The van der Waals surface area contributed by atoms with Gasteiger partial charge in [-0.15, -0.1) is 23.2 Å². The first-order chi connectivity index (χ1) is 19.5. The fourth-order valence-corrected chi connectivity index (χ4v) is 9.37. The number of methoxy groups -OCH3 is 2. The number of alkyl halides is 3. The molecular formula is C29H31BrCl2N2O7. The Morgan fingerprint density at radius 1 is 1.00 bits per heavy atom. The third kappa shape index (κ3) is 3.78. The van der Waals surface area contributed by atoms with Gasteiger partial charge in [0.1, 0.15) is 17.2 Å². The zero-order valence-electron chi connectivity index (χ0n) is 22.7. The van der Waals surface area contributed by atoms with Crippen LogP contribution in [-0.2, 0) is 19.2 Å². The van der Waals surface area contributed by atoms with Gasteiger partial charge in [0, 0.05) is 29.7 Å². The van der Waals surface area contributed by atoms with E-state index in [2.05, 4.69) is 15.9 Å². The van der Waals surface area contributed by atoms with Gasteiger partial charge >= 0.3 is 0 Å². The van der Waals surface area contributed by atoms with E-state index < -0.39 is 45.2 Å². The summed E-state index contributed by atoms with van der Waals surface area (Å²) >= 11 is 17.8. The lowest BCUT2D eigenvalue weighted by molar-refractivity contribution is -0.144. The zero-order chi connectivity index (χ0) is 29.4. The summed E-state index contributed by atoms with van der Waals surface area (Å²) in [5.74, 6) is -4.75. The monoisotopic (exact) mass is 668 g/mol. The number of benzene rings is 1. The number of allylic oxidation sites excluding steroid dienone is 2. The van der Waals surface area contributed by atoms with Gasteiger partial charge in [-0.25, -0.2) is 0 Å². The van der Waals surface area contributed by atoms with Gasteiger partial charge in [-0.1, -0.05) is 46.8 Å². The Bertz CT molecular complexity index is 1380. The van der Waals surface area contributed by atoms with Crippen molar-refractivity contribution in [2.45, 2.75) is 66.7 Å². The van der Waals surface area contributed by atoms with Gasteiger partial charge in [-0.3, -0.25) is 29.0 Å². The maximum Gasteiger partial charge on any atom is 0.254 e. The summed E-state index contributed by atoms with van der Waals surface area (Å²) in [7, 11) is 2.85. The van der Waals surface area contributed by atoms with Gasteiger partial charge in [0.15, 0.2) is 9.75 Å². The van der Waals surface area contributed by atoms with E-state index in [0.29, 0.717) is 11.3 Å². The maximum atomic E-state index is 14.1. The Morgan fingerprint density at radius 2 is 1.71 bits per heavy atom. The van der Waals surface area contributed by atoms with Gasteiger partial charge in [0.25, 0.3) is 11.8 Å². The molecule has 6 atom stereocenters. The number of rotatable bonds is 5. The molecule has 3 aliphatic carbocycles. The lowest BCUT2D eigenvalue weighted by Crippen LogP contribution is -2.60. The highest BCUT2D eigenvalue weighted by Crippen LogP contribution is 2.67. The third-order valence-electron chi connectivity index (χ3n) is 9.83. The Kier molecular flexibility index (Phi) is 7.14. The van der Waals surface area contributed by atoms with Gasteiger partial charge < -0.3 is 14.6 Å². The van der Waals surface area contributed by atoms with E-state index in [1.54, 1.807) is 6.07 Å². The summed E-state index contributed by atoms with van der Waals surface area (Å²) in [6.45, 7) is 0. The number of hydrogen-bond acceptors (Lipinski definition) is 7. The van der Waals surface area contributed by atoms with Crippen LogP contribution in [0.3, 0.4) is 0 Å². The van der Waals surface area contributed by atoms with Crippen molar-refractivity contribution in [1.82, 2.24) is 9.80 Å². The molecule has 2 saturated heterocycles. The predicted molar refractivity (Wildman–Crippen MR) is 153 cm³/mol. The second kappa shape index (κ2) is 10.2. The number of fused-ring (bicyclic) bond motifs is 4.